The smallest absolute Gasteiger partial charge is 0.338 e. The molecule has 0 aliphatic carbocycles. The van der Waals surface area contributed by atoms with E-state index in [1.54, 1.807) is 29.7 Å². The summed E-state index contributed by atoms with van der Waals surface area (Å²) in [6, 6.07) is 23.8. The third-order valence-electron chi connectivity index (χ3n) is 7.24. The molecule has 4 aromatic rings. The Morgan fingerprint density at radius 3 is 2.45 bits per heavy atom. The van der Waals surface area contributed by atoms with Crippen LogP contribution in [0.15, 0.2) is 112 Å². The Labute approximate surface area is 250 Å². The average Bonchev–Trinajstić information content (AvgIpc) is 3.49. The van der Waals surface area contributed by atoms with Crippen LogP contribution in [0.5, 0.6) is 0 Å². The second-order valence-electron chi connectivity index (χ2n) is 9.62. The van der Waals surface area contributed by atoms with E-state index in [1.807, 2.05) is 85.1 Å². The van der Waals surface area contributed by atoms with Crippen molar-refractivity contribution in [2.45, 2.75) is 17.9 Å². The second kappa shape index (κ2) is 11.4. The van der Waals surface area contributed by atoms with Gasteiger partial charge in [0, 0.05) is 22.6 Å². The van der Waals surface area contributed by atoms with Gasteiger partial charge in [0.05, 0.1) is 35.2 Å². The van der Waals surface area contributed by atoms with Gasteiger partial charge in [-0.2, -0.15) is 0 Å². The number of thioether (sulfide) groups is 1. The Hall–Kier alpha value is -4.47. The van der Waals surface area contributed by atoms with Crippen molar-refractivity contribution in [3.63, 3.8) is 0 Å². The highest BCUT2D eigenvalue weighted by atomic mass is 32.2. The molecule has 42 heavy (non-hydrogen) atoms. The first-order chi connectivity index (χ1) is 20.5. The van der Waals surface area contributed by atoms with Crippen LogP contribution < -0.4 is 19.8 Å². The number of nitrogens with zero attached hydrogens (tertiary/aromatic N) is 3. The first kappa shape index (κ1) is 27.7. The maximum Gasteiger partial charge on any atom is 0.338 e. The lowest BCUT2D eigenvalue weighted by Crippen LogP contribution is -2.41. The van der Waals surface area contributed by atoms with Crippen molar-refractivity contribution in [3.8, 4) is 0 Å². The standard InChI is InChI=1S/C33H27N3O4S2/c1-4-19-35-24-14-10-9-13-23(24)25(30(35)37)29-31(38)36-28(21-15-17-22(41-3)18-16-21)26(32(39)40-5-2)27(34-33(36)42-29)20-11-7-6-8-12-20/h4,6-18,28H,1,5,19H2,2-3H3/b29-25+/t28-/m0/s1. The molecule has 9 heteroatoms. The maximum absolute atomic E-state index is 14.4. The van der Waals surface area contributed by atoms with E-state index in [0.717, 1.165) is 33.0 Å². The summed E-state index contributed by atoms with van der Waals surface area (Å²) >= 11 is 2.76. The molecule has 6 rings (SSSR count). The number of benzene rings is 3. The molecule has 0 bridgehead atoms. The van der Waals surface area contributed by atoms with Crippen LogP contribution in [0.1, 0.15) is 29.7 Å². The number of thiazole rings is 1. The summed E-state index contributed by atoms with van der Waals surface area (Å²) in [5, 5.41) is 0. The van der Waals surface area contributed by atoms with E-state index in [1.165, 1.54) is 4.57 Å². The molecule has 0 radical (unpaired) electrons. The predicted molar refractivity (Wildman–Crippen MR) is 167 cm³/mol. The van der Waals surface area contributed by atoms with Gasteiger partial charge in [0.25, 0.3) is 11.5 Å². The summed E-state index contributed by atoms with van der Waals surface area (Å²) in [5.74, 6) is -0.813. The number of ether oxygens (including phenoxy) is 1. The molecule has 0 N–H and O–H groups in total. The molecule has 7 nitrogen and oxygen atoms in total. The third kappa shape index (κ3) is 4.55. The van der Waals surface area contributed by atoms with Crippen molar-refractivity contribution in [3.05, 3.63) is 133 Å². The highest BCUT2D eigenvalue weighted by molar-refractivity contribution is 7.98. The summed E-state index contributed by atoms with van der Waals surface area (Å²) < 4.78 is 7.36. The van der Waals surface area contributed by atoms with E-state index in [-0.39, 0.29) is 28.2 Å². The fourth-order valence-corrected chi connectivity index (χ4v) is 6.90. The van der Waals surface area contributed by atoms with Crippen molar-refractivity contribution in [2.24, 2.45) is 4.99 Å². The van der Waals surface area contributed by atoms with Gasteiger partial charge in [0.2, 0.25) is 0 Å². The Bertz CT molecular complexity index is 1940. The zero-order chi connectivity index (χ0) is 29.4. The fraction of sp³-hybridized carbons (Fsp3) is 0.152. The Kier molecular flexibility index (Phi) is 7.53. The van der Waals surface area contributed by atoms with Crippen molar-refractivity contribution < 1.29 is 14.3 Å². The number of anilines is 1. The Morgan fingerprint density at radius 1 is 1.05 bits per heavy atom. The lowest BCUT2D eigenvalue weighted by molar-refractivity contribution is -0.138. The minimum absolute atomic E-state index is 0.168. The molecular formula is C33H27N3O4S2. The number of amides is 1. The molecule has 0 fully saturated rings. The SMILES string of the molecule is C=CCN1C(=O)/C(=c2/sc3n(c2=O)[C@@H](c2ccc(SC)cc2)C(C(=O)OCC)=C(c2ccccc2)N=3)c2ccccc21. The van der Waals surface area contributed by atoms with Gasteiger partial charge in [0.1, 0.15) is 4.53 Å². The highest BCUT2D eigenvalue weighted by Crippen LogP contribution is 2.37. The number of hydrogen-bond donors (Lipinski definition) is 0. The number of fused-ring (bicyclic) bond motifs is 2. The summed E-state index contributed by atoms with van der Waals surface area (Å²) in [6.45, 7) is 6.03. The fourth-order valence-electron chi connectivity index (χ4n) is 5.40. The van der Waals surface area contributed by atoms with E-state index in [4.69, 9.17) is 9.73 Å². The van der Waals surface area contributed by atoms with E-state index in [0.29, 0.717) is 28.2 Å². The molecule has 0 spiro atoms. The van der Waals surface area contributed by atoms with Gasteiger partial charge < -0.3 is 9.64 Å². The predicted octanol–water partition coefficient (Wildman–Crippen LogP) is 4.56. The Morgan fingerprint density at radius 2 is 1.76 bits per heavy atom. The third-order valence-corrected chi connectivity index (χ3v) is 9.04. The number of hydrogen-bond acceptors (Lipinski definition) is 7. The van der Waals surface area contributed by atoms with Gasteiger partial charge in [0.15, 0.2) is 4.80 Å². The van der Waals surface area contributed by atoms with E-state index >= 15 is 0 Å². The zero-order valence-electron chi connectivity index (χ0n) is 23.1. The van der Waals surface area contributed by atoms with E-state index in [9.17, 15) is 14.4 Å². The van der Waals surface area contributed by atoms with Crippen LogP contribution in [0.3, 0.4) is 0 Å². The van der Waals surface area contributed by atoms with Crippen LogP contribution in [0.4, 0.5) is 5.69 Å². The number of para-hydroxylation sites is 1. The van der Waals surface area contributed by atoms with Crippen LogP contribution in [0, 0.1) is 0 Å². The highest BCUT2D eigenvalue weighted by Gasteiger charge is 2.38. The topological polar surface area (TPSA) is 81.0 Å². The minimum Gasteiger partial charge on any atom is -0.463 e. The molecule has 3 heterocycles. The second-order valence-corrected chi connectivity index (χ2v) is 11.5. The Balaban J connectivity index is 1.70. The van der Waals surface area contributed by atoms with Crippen molar-refractivity contribution in [2.75, 3.05) is 24.3 Å². The zero-order valence-corrected chi connectivity index (χ0v) is 24.7. The molecule has 0 saturated carbocycles. The van der Waals surface area contributed by atoms with Gasteiger partial charge in [-0.25, -0.2) is 9.79 Å². The van der Waals surface area contributed by atoms with Crippen molar-refractivity contribution >= 4 is 51.9 Å². The van der Waals surface area contributed by atoms with Gasteiger partial charge in [-0.1, -0.05) is 78.1 Å². The van der Waals surface area contributed by atoms with Gasteiger partial charge in [-0.3, -0.25) is 14.2 Å². The number of esters is 1. The minimum atomic E-state index is -0.809. The maximum atomic E-state index is 14.4. The summed E-state index contributed by atoms with van der Waals surface area (Å²) in [6.07, 6.45) is 3.65. The molecule has 0 saturated heterocycles. The first-order valence-electron chi connectivity index (χ1n) is 13.5. The van der Waals surface area contributed by atoms with Crippen LogP contribution in [-0.4, -0.2) is 35.9 Å². The molecule has 0 unspecified atom stereocenters. The van der Waals surface area contributed by atoms with Crippen LogP contribution in [0.2, 0.25) is 0 Å². The van der Waals surface area contributed by atoms with Crippen molar-refractivity contribution in [1.29, 1.82) is 0 Å². The number of carbonyl (C=O) groups is 2. The number of carbonyl (C=O) groups excluding carboxylic acids is 2. The lowest BCUT2D eigenvalue weighted by Gasteiger charge is -2.26. The van der Waals surface area contributed by atoms with Crippen LogP contribution in [0.25, 0.3) is 11.3 Å². The van der Waals surface area contributed by atoms with Crippen LogP contribution >= 0.6 is 23.1 Å². The molecule has 2 aliphatic heterocycles. The lowest BCUT2D eigenvalue weighted by atomic mass is 9.93. The normalized spacial score (nSPS) is 17.0. The summed E-state index contributed by atoms with van der Waals surface area (Å²) in [4.78, 5) is 49.8. The molecule has 3 aromatic carbocycles. The van der Waals surface area contributed by atoms with Crippen LogP contribution in [-0.2, 0) is 14.3 Å². The molecule has 1 amide bonds. The van der Waals surface area contributed by atoms with Gasteiger partial charge in [-0.15, -0.1) is 18.3 Å². The molecule has 2 aliphatic rings. The molecular weight excluding hydrogens is 567 g/mol. The monoisotopic (exact) mass is 593 g/mol. The average molecular weight is 594 g/mol. The quantitative estimate of drug-likeness (QED) is 0.178. The summed E-state index contributed by atoms with van der Waals surface area (Å²) in [7, 11) is 0. The number of aromatic nitrogens is 1. The summed E-state index contributed by atoms with van der Waals surface area (Å²) in [5.41, 5.74) is 3.54. The largest absolute Gasteiger partial charge is 0.463 e. The molecule has 1 aromatic heterocycles. The molecule has 210 valence electrons. The number of rotatable bonds is 7. The van der Waals surface area contributed by atoms with Gasteiger partial charge >= 0.3 is 5.97 Å². The first-order valence-corrected chi connectivity index (χ1v) is 15.5. The molecule has 1 atom stereocenters. The van der Waals surface area contributed by atoms with E-state index in [2.05, 4.69) is 6.58 Å². The van der Waals surface area contributed by atoms with Gasteiger partial charge in [-0.05, 0) is 36.9 Å². The van der Waals surface area contributed by atoms with E-state index < -0.39 is 12.0 Å². The van der Waals surface area contributed by atoms with Crippen molar-refractivity contribution in [1.82, 2.24) is 4.57 Å².